The molecule has 0 spiro atoms. The van der Waals surface area contributed by atoms with Gasteiger partial charge in [0, 0.05) is 34.9 Å². The summed E-state index contributed by atoms with van der Waals surface area (Å²) >= 11 is 3.31. The van der Waals surface area contributed by atoms with Gasteiger partial charge in [0.2, 0.25) is 0 Å². The Morgan fingerprint density at radius 3 is 2.23 bits per heavy atom. The largest absolute Gasteiger partial charge is 0.772 e. The van der Waals surface area contributed by atoms with Crippen LogP contribution in [0.25, 0.3) is 11.3 Å². The van der Waals surface area contributed by atoms with Crippen LogP contribution in [0, 0.1) is 0 Å². The first-order valence-electron chi connectivity index (χ1n) is 9.51. The summed E-state index contributed by atoms with van der Waals surface area (Å²) in [7, 11) is 0. The highest BCUT2D eigenvalue weighted by Gasteiger charge is 2.30. The van der Waals surface area contributed by atoms with E-state index < -0.39 is 11.1 Å². The van der Waals surface area contributed by atoms with Gasteiger partial charge in [0.25, 0.3) is 0 Å². The Labute approximate surface area is 183 Å². The van der Waals surface area contributed by atoms with Gasteiger partial charge in [-0.2, -0.15) is 0 Å². The van der Waals surface area contributed by atoms with Gasteiger partial charge in [-0.15, -0.1) is 0 Å². The average Bonchev–Trinajstić information content (AvgIpc) is 2.78. The van der Waals surface area contributed by atoms with E-state index in [-0.39, 0.29) is 11.7 Å². The Balaban J connectivity index is 1.87. The van der Waals surface area contributed by atoms with E-state index in [0.29, 0.717) is 6.54 Å². The fraction of sp³-hybridized carbons (Fsp3) is 0.125. The average molecular weight is 435 g/mol. The minimum Gasteiger partial charge on any atom is -0.772 e. The molecule has 3 aromatic rings. The number of thiocarbonyl (C=S) groups is 1. The minimum atomic E-state index is -2.13. The lowest BCUT2D eigenvalue weighted by molar-refractivity contribution is 0.500. The van der Waals surface area contributed by atoms with Gasteiger partial charge < -0.3 is 15.0 Å². The van der Waals surface area contributed by atoms with Crippen LogP contribution in [0.15, 0.2) is 72.8 Å². The zero-order chi connectivity index (χ0) is 21.1. The maximum absolute atomic E-state index is 11.0. The van der Waals surface area contributed by atoms with E-state index in [1.165, 1.54) is 0 Å². The topological polar surface area (TPSA) is 75.4 Å². The van der Waals surface area contributed by atoms with Gasteiger partial charge in [-0.3, -0.25) is 4.21 Å². The van der Waals surface area contributed by atoms with Crippen LogP contribution in [-0.2, 0) is 23.4 Å². The molecule has 2 unspecified atom stereocenters. The van der Waals surface area contributed by atoms with Crippen molar-refractivity contribution in [1.29, 1.82) is 0 Å². The van der Waals surface area contributed by atoms with Gasteiger partial charge in [0.15, 0.2) is 0 Å². The zero-order valence-corrected chi connectivity index (χ0v) is 17.7. The van der Waals surface area contributed by atoms with E-state index in [9.17, 15) is 8.76 Å². The monoisotopic (exact) mass is 434 g/mol. The molecule has 0 saturated carbocycles. The highest BCUT2D eigenvalue weighted by atomic mass is 32.2. The van der Waals surface area contributed by atoms with Crippen LogP contribution in [0.5, 0.6) is 5.75 Å². The second kappa shape index (κ2) is 9.02. The molecular formula is C24H20NO3S2-. The maximum atomic E-state index is 11.0. The molecule has 0 radical (unpaired) electrons. The summed E-state index contributed by atoms with van der Waals surface area (Å²) in [5.74, 6) is 1.36. The molecule has 3 aromatic carbocycles. The molecule has 0 saturated heterocycles. The van der Waals surface area contributed by atoms with Gasteiger partial charge in [-0.05, 0) is 28.1 Å². The predicted octanol–water partition coefficient (Wildman–Crippen LogP) is 4.57. The van der Waals surface area contributed by atoms with Crippen molar-refractivity contribution < 1.29 is 13.5 Å². The molecule has 0 aromatic heterocycles. The number of hydrogen-bond donors (Lipinski definition) is 1. The molecule has 0 amide bonds. The van der Waals surface area contributed by atoms with Crippen LogP contribution < -0.4 is 10.5 Å². The van der Waals surface area contributed by atoms with E-state index in [4.69, 9.17) is 22.7 Å². The first kappa shape index (κ1) is 20.6. The summed E-state index contributed by atoms with van der Waals surface area (Å²) in [6.45, 7) is 0.477. The number of ether oxygens (including phenoxy) is 1. The van der Waals surface area contributed by atoms with Crippen LogP contribution in [0.2, 0.25) is 0 Å². The first-order valence-corrected chi connectivity index (χ1v) is 11.2. The molecule has 1 aliphatic rings. The fourth-order valence-corrected chi connectivity index (χ4v) is 4.41. The molecule has 4 nitrogen and oxygen atoms in total. The predicted molar refractivity (Wildman–Crippen MR) is 124 cm³/mol. The molecule has 152 valence electrons. The molecule has 2 atom stereocenters. The highest BCUT2D eigenvalue weighted by molar-refractivity contribution is 7.79. The van der Waals surface area contributed by atoms with Crippen LogP contribution in [-0.4, -0.2) is 14.1 Å². The molecule has 1 heterocycles. The van der Waals surface area contributed by atoms with Gasteiger partial charge >= 0.3 is 0 Å². The number of nitrogens with two attached hydrogens (primary N) is 1. The lowest BCUT2D eigenvalue weighted by atomic mass is 9.83. The summed E-state index contributed by atoms with van der Waals surface area (Å²) < 4.78 is 28.4. The number of allylic oxidation sites excluding steroid dienone is 1. The van der Waals surface area contributed by atoms with Crippen molar-refractivity contribution in [2.24, 2.45) is 5.73 Å². The molecule has 30 heavy (non-hydrogen) atoms. The molecule has 4 rings (SSSR count). The van der Waals surface area contributed by atoms with Crippen molar-refractivity contribution in [1.82, 2.24) is 0 Å². The Kier molecular flexibility index (Phi) is 6.20. The second-order valence-corrected chi connectivity index (χ2v) is 8.21. The quantitative estimate of drug-likeness (QED) is 0.454. The molecule has 0 bridgehead atoms. The first-order chi connectivity index (χ1) is 14.6. The zero-order valence-electron chi connectivity index (χ0n) is 16.1. The Morgan fingerprint density at radius 1 is 0.967 bits per heavy atom. The van der Waals surface area contributed by atoms with Crippen molar-refractivity contribution in [3.05, 3.63) is 101 Å². The maximum Gasteiger partial charge on any atom is 0.139 e. The van der Waals surface area contributed by atoms with Gasteiger partial charge in [-0.25, -0.2) is 0 Å². The van der Waals surface area contributed by atoms with E-state index >= 15 is 0 Å². The van der Waals surface area contributed by atoms with E-state index in [2.05, 4.69) is 0 Å². The number of fused-ring (bicyclic) bond motifs is 1. The molecule has 0 fully saturated rings. The van der Waals surface area contributed by atoms with Crippen LogP contribution in [0.1, 0.15) is 33.7 Å². The third-order valence-corrected chi connectivity index (χ3v) is 6.00. The lowest BCUT2D eigenvalue weighted by Crippen LogP contribution is -2.15. The molecule has 1 aliphatic heterocycles. The number of hydrogen-bond acceptors (Lipinski definition) is 5. The number of rotatable bonds is 6. The van der Waals surface area contributed by atoms with Gasteiger partial charge in [0.1, 0.15) is 11.5 Å². The van der Waals surface area contributed by atoms with E-state index in [1.807, 2.05) is 72.8 Å². The van der Waals surface area contributed by atoms with Crippen LogP contribution in [0.4, 0.5) is 0 Å². The lowest BCUT2D eigenvalue weighted by Gasteiger charge is -2.29. The second-order valence-electron chi connectivity index (χ2n) is 7.04. The van der Waals surface area contributed by atoms with Gasteiger partial charge in [-0.1, -0.05) is 90.0 Å². The summed E-state index contributed by atoms with van der Waals surface area (Å²) in [6, 6.07) is 23.4. The molecular weight excluding hydrogens is 414 g/mol. The Morgan fingerprint density at radius 2 is 1.60 bits per heavy atom. The molecule has 6 heteroatoms. The highest BCUT2D eigenvalue weighted by Crippen LogP contribution is 2.46. The van der Waals surface area contributed by atoms with Crippen LogP contribution in [0.3, 0.4) is 0 Å². The van der Waals surface area contributed by atoms with Crippen molar-refractivity contribution in [3.8, 4) is 5.75 Å². The molecule has 2 N–H and O–H groups in total. The van der Waals surface area contributed by atoms with E-state index in [1.54, 1.807) is 5.37 Å². The summed E-state index contributed by atoms with van der Waals surface area (Å²) in [6.07, 6.45) is 0. The number of benzene rings is 3. The van der Waals surface area contributed by atoms with E-state index in [0.717, 1.165) is 44.9 Å². The third-order valence-electron chi connectivity index (χ3n) is 5.16. The third kappa shape index (κ3) is 4.13. The van der Waals surface area contributed by atoms with Gasteiger partial charge in [0.05, 0.1) is 0 Å². The summed E-state index contributed by atoms with van der Waals surface area (Å²) in [5, 5.41) is 1.77. The normalized spacial score (nSPS) is 16.5. The standard InChI is InChI=1S/C24H21NO3S2/c25-13-16-5-9-18(10-6-16)23-21(14-29)20-3-1-2-4-22(20)28-24(23)19-11-7-17(8-12-19)15-30(26)27/h1-12,14,21H,13,15,25H2,(H,26,27)/p-1. The Hall–Kier alpha value is -2.64. The van der Waals surface area contributed by atoms with Crippen molar-refractivity contribution in [2.45, 2.75) is 18.2 Å². The van der Waals surface area contributed by atoms with Crippen molar-refractivity contribution in [3.63, 3.8) is 0 Å². The Bertz CT molecular complexity index is 1120. The summed E-state index contributed by atoms with van der Waals surface area (Å²) in [5.41, 5.74) is 11.4. The minimum absolute atomic E-state index is 0.0149. The number of para-hydroxylation sites is 1. The SMILES string of the molecule is NCc1ccc(C2=C(c3ccc(CS(=O)[O-])cc3)Oc3ccccc3C2C=S)cc1. The smallest absolute Gasteiger partial charge is 0.139 e. The van der Waals surface area contributed by atoms with Crippen molar-refractivity contribution in [2.75, 3.05) is 0 Å². The van der Waals surface area contributed by atoms with Crippen LogP contribution >= 0.6 is 12.2 Å². The fourth-order valence-electron chi connectivity index (χ4n) is 3.67. The van der Waals surface area contributed by atoms with Crippen molar-refractivity contribution >= 4 is 40.0 Å². The molecule has 0 aliphatic carbocycles. The summed E-state index contributed by atoms with van der Waals surface area (Å²) in [4.78, 5) is 0.